The van der Waals surface area contributed by atoms with E-state index >= 15 is 0 Å². The normalized spacial score (nSPS) is 13.3. The van der Waals surface area contributed by atoms with Gasteiger partial charge in [-0.05, 0) is 17.7 Å². The van der Waals surface area contributed by atoms with Gasteiger partial charge in [-0.3, -0.25) is 0 Å². The lowest BCUT2D eigenvalue weighted by Crippen LogP contribution is -2.41. The lowest BCUT2D eigenvalue weighted by molar-refractivity contribution is -0.274. The molecule has 0 N–H and O–H groups in total. The summed E-state index contributed by atoms with van der Waals surface area (Å²) in [6, 6.07) is 3.81. The lowest BCUT2D eigenvalue weighted by atomic mass is 10.2. The van der Waals surface area contributed by atoms with Gasteiger partial charge in [-0.2, -0.15) is 17.5 Å². The smallest absolute Gasteiger partial charge is 0.406 e. The topological polar surface area (TPSA) is 55.8 Å². The number of ether oxygens (including phenoxy) is 2. The van der Waals surface area contributed by atoms with Crippen molar-refractivity contribution in [2.24, 2.45) is 0 Å². The maximum Gasteiger partial charge on any atom is 0.573 e. The number of hydrogen-bond donors (Lipinski definition) is 0. The highest BCUT2D eigenvalue weighted by Gasteiger charge is 2.36. The molecular formula is C13H15F6NO4S. The molecule has 0 aromatic heterocycles. The van der Waals surface area contributed by atoms with Crippen LogP contribution >= 0.6 is 0 Å². The molecule has 1 aromatic rings. The standard InChI is InChI=1S/C13H15F6NO4S/c1-23-7-6-20(9-12(14,15)16)25(21,22)8-10-2-4-11(5-3-10)24-13(17,18)19/h2-5H,6-9H2,1H3. The molecule has 0 heterocycles. The molecule has 0 saturated carbocycles. The van der Waals surface area contributed by atoms with Crippen molar-refractivity contribution in [2.45, 2.75) is 18.3 Å². The number of sulfonamides is 1. The Morgan fingerprint density at radius 2 is 1.60 bits per heavy atom. The zero-order chi connectivity index (χ0) is 19.3. The third-order valence-corrected chi connectivity index (χ3v) is 4.60. The van der Waals surface area contributed by atoms with Gasteiger partial charge < -0.3 is 9.47 Å². The Morgan fingerprint density at radius 3 is 2.04 bits per heavy atom. The average Bonchev–Trinajstić information content (AvgIpc) is 2.42. The zero-order valence-corrected chi connectivity index (χ0v) is 13.7. The number of methoxy groups -OCH3 is 1. The zero-order valence-electron chi connectivity index (χ0n) is 12.9. The first-order valence-electron chi connectivity index (χ1n) is 6.70. The van der Waals surface area contributed by atoms with E-state index in [1.54, 1.807) is 0 Å². The van der Waals surface area contributed by atoms with Crippen molar-refractivity contribution in [3.05, 3.63) is 29.8 Å². The van der Waals surface area contributed by atoms with E-state index in [0.717, 1.165) is 24.3 Å². The quantitative estimate of drug-likeness (QED) is 0.636. The van der Waals surface area contributed by atoms with Gasteiger partial charge in [0.1, 0.15) is 12.3 Å². The Labute approximate surface area is 140 Å². The monoisotopic (exact) mass is 395 g/mol. The summed E-state index contributed by atoms with van der Waals surface area (Å²) < 4.78 is 107. The van der Waals surface area contributed by atoms with Gasteiger partial charge >= 0.3 is 12.5 Å². The minimum Gasteiger partial charge on any atom is -0.406 e. The van der Waals surface area contributed by atoms with Crippen LogP contribution in [0.4, 0.5) is 26.3 Å². The van der Waals surface area contributed by atoms with Crippen molar-refractivity contribution in [1.82, 2.24) is 4.31 Å². The molecular weight excluding hydrogens is 380 g/mol. The van der Waals surface area contributed by atoms with E-state index in [2.05, 4.69) is 9.47 Å². The number of rotatable bonds is 8. The molecule has 5 nitrogen and oxygen atoms in total. The molecule has 0 amide bonds. The fourth-order valence-electron chi connectivity index (χ4n) is 1.80. The van der Waals surface area contributed by atoms with Crippen LogP contribution in [0.5, 0.6) is 5.75 Å². The number of halogens is 6. The summed E-state index contributed by atoms with van der Waals surface area (Å²) in [6.07, 6.45) is -9.65. The second kappa shape index (κ2) is 8.23. The second-order valence-electron chi connectivity index (χ2n) is 4.89. The van der Waals surface area contributed by atoms with Crippen LogP contribution in [0, 0.1) is 0 Å². The predicted octanol–water partition coefficient (Wildman–Crippen LogP) is 2.93. The van der Waals surface area contributed by atoms with E-state index in [-0.39, 0.29) is 16.5 Å². The summed E-state index contributed by atoms with van der Waals surface area (Å²) in [5, 5.41) is 0. The highest BCUT2D eigenvalue weighted by atomic mass is 32.2. The Bertz CT molecular complexity index is 642. The van der Waals surface area contributed by atoms with E-state index in [4.69, 9.17) is 0 Å². The van der Waals surface area contributed by atoms with Gasteiger partial charge in [0.15, 0.2) is 0 Å². The second-order valence-corrected chi connectivity index (χ2v) is 6.86. The molecule has 0 radical (unpaired) electrons. The largest absolute Gasteiger partial charge is 0.573 e. The SMILES string of the molecule is COCCN(CC(F)(F)F)S(=O)(=O)Cc1ccc(OC(F)(F)F)cc1. The van der Waals surface area contributed by atoms with Crippen molar-refractivity contribution >= 4 is 10.0 Å². The van der Waals surface area contributed by atoms with Crippen LogP contribution < -0.4 is 4.74 Å². The molecule has 12 heteroatoms. The van der Waals surface area contributed by atoms with Crippen molar-refractivity contribution in [1.29, 1.82) is 0 Å². The van der Waals surface area contributed by atoms with Crippen LogP contribution in [0.1, 0.15) is 5.56 Å². The average molecular weight is 395 g/mol. The molecule has 0 atom stereocenters. The molecule has 1 rings (SSSR count). The van der Waals surface area contributed by atoms with Gasteiger partial charge in [0, 0.05) is 13.7 Å². The predicted molar refractivity (Wildman–Crippen MR) is 75.3 cm³/mol. The maximum atomic E-state index is 12.5. The molecule has 144 valence electrons. The van der Waals surface area contributed by atoms with Crippen LogP contribution in [-0.2, 0) is 20.5 Å². The van der Waals surface area contributed by atoms with Crippen molar-refractivity contribution in [3.8, 4) is 5.75 Å². The summed E-state index contributed by atoms with van der Waals surface area (Å²) in [6.45, 7) is -2.44. The summed E-state index contributed by atoms with van der Waals surface area (Å²) in [5.41, 5.74) is 0.0131. The van der Waals surface area contributed by atoms with E-state index in [9.17, 15) is 34.8 Å². The number of benzene rings is 1. The van der Waals surface area contributed by atoms with E-state index < -0.39 is 47.2 Å². The first-order chi connectivity index (χ1) is 11.3. The molecule has 0 fully saturated rings. The van der Waals surface area contributed by atoms with Gasteiger partial charge in [-0.15, -0.1) is 13.2 Å². The number of nitrogens with zero attached hydrogens (tertiary/aromatic N) is 1. The van der Waals surface area contributed by atoms with Crippen molar-refractivity contribution in [2.75, 3.05) is 26.8 Å². The number of hydrogen-bond acceptors (Lipinski definition) is 4. The molecule has 25 heavy (non-hydrogen) atoms. The van der Waals surface area contributed by atoms with Crippen LogP contribution in [0.15, 0.2) is 24.3 Å². The summed E-state index contributed by atoms with van der Waals surface area (Å²) in [5.74, 6) is -1.38. The van der Waals surface area contributed by atoms with Crippen LogP contribution in [-0.4, -0.2) is 52.1 Å². The highest BCUT2D eigenvalue weighted by molar-refractivity contribution is 7.88. The lowest BCUT2D eigenvalue weighted by Gasteiger charge is -2.23. The molecule has 0 saturated heterocycles. The Balaban J connectivity index is 2.89. The van der Waals surface area contributed by atoms with E-state index in [1.807, 2.05) is 0 Å². The summed E-state index contributed by atoms with van der Waals surface area (Å²) >= 11 is 0. The third-order valence-electron chi connectivity index (χ3n) is 2.80. The van der Waals surface area contributed by atoms with Crippen molar-refractivity contribution in [3.63, 3.8) is 0 Å². The Morgan fingerprint density at radius 1 is 1.04 bits per heavy atom. The van der Waals surface area contributed by atoms with Gasteiger partial charge in [0.2, 0.25) is 10.0 Å². The molecule has 0 aliphatic heterocycles. The molecule has 0 spiro atoms. The molecule has 0 bridgehead atoms. The van der Waals surface area contributed by atoms with Gasteiger partial charge in [0.05, 0.1) is 12.4 Å². The van der Waals surface area contributed by atoms with E-state index in [0.29, 0.717) is 0 Å². The molecule has 0 aliphatic carbocycles. The van der Waals surface area contributed by atoms with Gasteiger partial charge in [-0.25, -0.2) is 8.42 Å². The fraction of sp³-hybridized carbons (Fsp3) is 0.538. The summed E-state index contributed by atoms with van der Waals surface area (Å²) in [7, 11) is -3.15. The van der Waals surface area contributed by atoms with Gasteiger partial charge in [-0.1, -0.05) is 12.1 Å². The first-order valence-corrected chi connectivity index (χ1v) is 8.31. The van der Waals surface area contributed by atoms with Crippen LogP contribution in [0.2, 0.25) is 0 Å². The summed E-state index contributed by atoms with van der Waals surface area (Å²) in [4.78, 5) is 0. The Kier molecular flexibility index (Phi) is 7.08. The van der Waals surface area contributed by atoms with Crippen LogP contribution in [0.3, 0.4) is 0 Å². The van der Waals surface area contributed by atoms with E-state index in [1.165, 1.54) is 7.11 Å². The van der Waals surface area contributed by atoms with Crippen molar-refractivity contribution < 1.29 is 44.2 Å². The first kappa shape index (κ1) is 21.5. The van der Waals surface area contributed by atoms with Crippen LogP contribution in [0.25, 0.3) is 0 Å². The third kappa shape index (κ3) is 8.40. The minimum absolute atomic E-state index is 0.0131. The van der Waals surface area contributed by atoms with Gasteiger partial charge in [0.25, 0.3) is 0 Å². The maximum absolute atomic E-state index is 12.5. The molecule has 0 aliphatic rings. The minimum atomic E-state index is -4.91. The molecule has 0 unspecified atom stereocenters. The highest BCUT2D eigenvalue weighted by Crippen LogP contribution is 2.24. The number of alkyl halides is 6. The fourth-order valence-corrected chi connectivity index (χ4v) is 3.29. The molecule has 1 aromatic carbocycles. The Hall–Kier alpha value is -1.53.